The lowest BCUT2D eigenvalue weighted by Crippen LogP contribution is -2.44. The van der Waals surface area contributed by atoms with Crippen LogP contribution in [0.4, 0.5) is 11.8 Å². The van der Waals surface area contributed by atoms with Gasteiger partial charge in [-0.15, -0.1) is 5.10 Å². The van der Waals surface area contributed by atoms with E-state index in [2.05, 4.69) is 43.1 Å². The molecule has 0 N–H and O–H groups in total. The third-order valence-electron chi connectivity index (χ3n) is 4.87. The first-order valence-electron chi connectivity index (χ1n) is 8.57. The monoisotopic (exact) mass is 340 g/mol. The predicted octanol–water partition coefficient (Wildman–Crippen LogP) is 2.11. The quantitative estimate of drug-likeness (QED) is 0.789. The highest BCUT2D eigenvalue weighted by atomic mass is 16.1. The summed E-state index contributed by atoms with van der Waals surface area (Å²) in [5, 5.41) is 8.29. The highest BCUT2D eigenvalue weighted by molar-refractivity contribution is 5.78. The van der Waals surface area contributed by atoms with E-state index in [-0.39, 0.29) is 0 Å². The van der Waals surface area contributed by atoms with Gasteiger partial charge in [0, 0.05) is 26.2 Å². The zero-order valence-corrected chi connectivity index (χ0v) is 15.2. The smallest absolute Gasteiger partial charge is 0.225 e. The van der Waals surface area contributed by atoms with Crippen LogP contribution in [-0.4, -0.2) is 52.6 Å². The molecule has 0 bridgehead atoms. The third kappa shape index (κ3) is 3.60. The van der Waals surface area contributed by atoms with Gasteiger partial charge >= 0.3 is 0 Å². The lowest BCUT2D eigenvalue weighted by molar-refractivity contribution is 0.112. The van der Waals surface area contributed by atoms with Crippen molar-refractivity contribution in [1.82, 2.24) is 20.2 Å². The van der Waals surface area contributed by atoms with Crippen LogP contribution < -0.4 is 9.80 Å². The van der Waals surface area contributed by atoms with Gasteiger partial charge in [-0.1, -0.05) is 0 Å². The molecule has 2 aromatic heterocycles. The maximum Gasteiger partial charge on any atom is 0.225 e. The first-order valence-corrected chi connectivity index (χ1v) is 8.57. The van der Waals surface area contributed by atoms with Gasteiger partial charge in [0.15, 0.2) is 12.1 Å². The minimum Gasteiger partial charge on any atom is -0.355 e. The Balaban J connectivity index is 1.69. The van der Waals surface area contributed by atoms with Crippen LogP contribution in [0.2, 0.25) is 0 Å². The Labute approximate surface area is 148 Å². The summed E-state index contributed by atoms with van der Waals surface area (Å²) in [6.07, 6.45) is 4.61. The van der Waals surface area contributed by atoms with Gasteiger partial charge in [0.2, 0.25) is 5.95 Å². The van der Waals surface area contributed by atoms with Crippen LogP contribution in [0.15, 0.2) is 12.3 Å². The number of piperidine rings is 1. The summed E-state index contributed by atoms with van der Waals surface area (Å²) >= 11 is 0. The van der Waals surface area contributed by atoms with Gasteiger partial charge in [-0.25, -0.2) is 9.97 Å². The summed E-state index contributed by atoms with van der Waals surface area (Å²) in [5.74, 6) is 1.63. The molecule has 0 saturated carbocycles. The number of anilines is 2. The topological polar surface area (TPSA) is 75.1 Å². The van der Waals surface area contributed by atoms with Gasteiger partial charge in [0.25, 0.3) is 0 Å². The molecule has 7 heteroatoms. The molecule has 1 fully saturated rings. The fourth-order valence-corrected chi connectivity index (χ4v) is 3.28. The number of aldehydes is 1. The number of aromatic nitrogens is 4. The molecule has 0 atom stereocenters. The SMILES string of the molecule is Cc1cnnc(N(C)C2CCN(c3nc(C)c(C=O)c(C)n3)CC2)c1. The summed E-state index contributed by atoms with van der Waals surface area (Å²) in [6.45, 7) is 7.51. The molecular weight excluding hydrogens is 316 g/mol. The Morgan fingerprint density at radius 1 is 1.16 bits per heavy atom. The van der Waals surface area contributed by atoms with Gasteiger partial charge in [-0.05, 0) is 45.2 Å². The molecule has 25 heavy (non-hydrogen) atoms. The van der Waals surface area contributed by atoms with Crippen molar-refractivity contribution >= 4 is 18.1 Å². The second-order valence-corrected chi connectivity index (χ2v) is 6.65. The van der Waals surface area contributed by atoms with Crippen molar-refractivity contribution in [3.8, 4) is 0 Å². The van der Waals surface area contributed by atoms with Gasteiger partial charge in [0.1, 0.15) is 0 Å². The molecule has 0 aromatic carbocycles. The molecule has 3 heterocycles. The standard InChI is InChI=1S/C18H24N6O/c1-12-9-17(22-19-10-12)23(4)15-5-7-24(8-6-15)18-20-13(2)16(11-25)14(3)21-18/h9-11,15H,5-8H2,1-4H3. The van der Waals surface area contributed by atoms with Crippen molar-refractivity contribution in [1.29, 1.82) is 0 Å². The zero-order valence-electron chi connectivity index (χ0n) is 15.2. The molecule has 1 aliphatic heterocycles. The number of nitrogens with zero attached hydrogens (tertiary/aromatic N) is 6. The van der Waals surface area contributed by atoms with Crippen LogP contribution in [0.1, 0.15) is 40.2 Å². The second kappa shape index (κ2) is 7.13. The van der Waals surface area contributed by atoms with Crippen LogP contribution in [0.3, 0.4) is 0 Å². The minimum atomic E-state index is 0.420. The summed E-state index contributed by atoms with van der Waals surface area (Å²) in [6, 6.07) is 2.48. The van der Waals surface area contributed by atoms with Crippen molar-refractivity contribution in [3.63, 3.8) is 0 Å². The molecule has 0 unspecified atom stereocenters. The first kappa shape index (κ1) is 17.3. The van der Waals surface area contributed by atoms with Gasteiger partial charge < -0.3 is 9.80 Å². The van der Waals surface area contributed by atoms with E-state index < -0.39 is 0 Å². The second-order valence-electron chi connectivity index (χ2n) is 6.65. The van der Waals surface area contributed by atoms with Crippen molar-refractivity contribution in [2.24, 2.45) is 0 Å². The van der Waals surface area contributed by atoms with Crippen LogP contribution in [0.25, 0.3) is 0 Å². The summed E-state index contributed by atoms with van der Waals surface area (Å²) in [5.41, 5.74) is 3.19. The number of rotatable bonds is 4. The maximum absolute atomic E-state index is 11.1. The Morgan fingerprint density at radius 3 is 2.36 bits per heavy atom. The highest BCUT2D eigenvalue weighted by Crippen LogP contribution is 2.23. The lowest BCUT2D eigenvalue weighted by atomic mass is 10.0. The van der Waals surface area contributed by atoms with Gasteiger partial charge in [-0.3, -0.25) is 4.79 Å². The molecule has 0 spiro atoms. The summed E-state index contributed by atoms with van der Waals surface area (Å²) in [7, 11) is 2.08. The van der Waals surface area contributed by atoms with Crippen molar-refractivity contribution in [2.75, 3.05) is 29.9 Å². The molecule has 0 aliphatic carbocycles. The maximum atomic E-state index is 11.1. The third-order valence-corrected chi connectivity index (χ3v) is 4.87. The predicted molar refractivity (Wildman–Crippen MR) is 97.3 cm³/mol. The molecule has 3 rings (SSSR count). The Kier molecular flexibility index (Phi) is 4.92. The lowest BCUT2D eigenvalue weighted by Gasteiger charge is -2.37. The van der Waals surface area contributed by atoms with Crippen LogP contribution >= 0.6 is 0 Å². The summed E-state index contributed by atoms with van der Waals surface area (Å²) in [4.78, 5) is 24.5. The molecule has 7 nitrogen and oxygen atoms in total. The molecule has 132 valence electrons. The van der Waals surface area contributed by atoms with Crippen molar-refractivity contribution < 1.29 is 4.79 Å². The Bertz CT molecular complexity index is 747. The molecule has 1 saturated heterocycles. The molecule has 0 radical (unpaired) electrons. The highest BCUT2D eigenvalue weighted by Gasteiger charge is 2.25. The van der Waals surface area contributed by atoms with Crippen molar-refractivity contribution in [3.05, 3.63) is 34.8 Å². The van der Waals surface area contributed by atoms with Crippen molar-refractivity contribution in [2.45, 2.75) is 39.7 Å². The molecule has 0 amide bonds. The minimum absolute atomic E-state index is 0.420. The Hall–Kier alpha value is -2.57. The van der Waals surface area contributed by atoms with E-state index in [0.29, 0.717) is 11.6 Å². The van der Waals surface area contributed by atoms with E-state index in [9.17, 15) is 4.79 Å². The number of carbonyl (C=O) groups excluding carboxylic acids is 1. The largest absolute Gasteiger partial charge is 0.355 e. The average Bonchev–Trinajstić information content (AvgIpc) is 2.61. The average molecular weight is 340 g/mol. The Morgan fingerprint density at radius 2 is 1.80 bits per heavy atom. The van der Waals surface area contributed by atoms with E-state index in [4.69, 9.17) is 0 Å². The van der Waals surface area contributed by atoms with E-state index >= 15 is 0 Å². The van der Waals surface area contributed by atoms with Gasteiger partial charge in [-0.2, -0.15) is 5.10 Å². The normalized spacial score (nSPS) is 15.3. The molecular formula is C18H24N6O. The van der Waals surface area contributed by atoms with E-state index in [1.165, 1.54) is 0 Å². The fraction of sp³-hybridized carbons (Fsp3) is 0.500. The number of aryl methyl sites for hydroxylation is 3. The first-order chi connectivity index (χ1) is 12.0. The number of hydrogen-bond donors (Lipinski definition) is 0. The zero-order chi connectivity index (χ0) is 18.0. The van der Waals surface area contributed by atoms with E-state index in [0.717, 1.165) is 60.9 Å². The van der Waals surface area contributed by atoms with E-state index in [1.54, 1.807) is 6.20 Å². The fourth-order valence-electron chi connectivity index (χ4n) is 3.28. The van der Waals surface area contributed by atoms with Crippen LogP contribution in [0, 0.1) is 20.8 Å². The van der Waals surface area contributed by atoms with Crippen LogP contribution in [0.5, 0.6) is 0 Å². The van der Waals surface area contributed by atoms with Gasteiger partial charge in [0.05, 0.1) is 23.1 Å². The molecule has 2 aromatic rings. The number of hydrogen-bond acceptors (Lipinski definition) is 7. The summed E-state index contributed by atoms with van der Waals surface area (Å²) < 4.78 is 0. The number of carbonyl (C=O) groups is 1. The van der Waals surface area contributed by atoms with Crippen LogP contribution in [-0.2, 0) is 0 Å². The molecule has 1 aliphatic rings. The van der Waals surface area contributed by atoms with E-state index in [1.807, 2.05) is 20.8 Å².